The Hall–Kier alpha value is -1.43. The molecule has 1 aromatic rings. The van der Waals surface area contributed by atoms with Gasteiger partial charge in [-0.25, -0.2) is 0 Å². The quantitative estimate of drug-likeness (QED) is 0.843. The number of rotatable bonds is 4. The smallest absolute Gasteiger partial charge is 0.235 e. The summed E-state index contributed by atoms with van der Waals surface area (Å²) in [6, 6.07) is 0. The third-order valence-corrected chi connectivity index (χ3v) is 6.52. The predicted molar refractivity (Wildman–Crippen MR) is 85.3 cm³/mol. The molecule has 3 atom stereocenters. The first-order valence-electron chi connectivity index (χ1n) is 9.44. The van der Waals surface area contributed by atoms with Crippen LogP contribution >= 0.6 is 0 Å². The van der Waals surface area contributed by atoms with Crippen molar-refractivity contribution in [1.29, 1.82) is 0 Å². The second-order valence-corrected chi connectivity index (χ2v) is 8.19. The fourth-order valence-corrected chi connectivity index (χ4v) is 4.91. The zero-order chi connectivity index (χ0) is 16.1. The minimum atomic E-state index is -0.0933. The first-order valence-corrected chi connectivity index (χ1v) is 9.44. The summed E-state index contributed by atoms with van der Waals surface area (Å²) in [4.78, 5) is 19.6. The molecule has 1 aromatic heterocycles. The second kappa shape index (κ2) is 5.55. The molecule has 2 aliphatic heterocycles. The van der Waals surface area contributed by atoms with E-state index in [1.54, 1.807) is 0 Å². The molecular formula is C18H25N3O3. The summed E-state index contributed by atoms with van der Waals surface area (Å²) in [5, 5.41) is 4.23. The maximum absolute atomic E-state index is 12.8. The molecule has 24 heavy (non-hydrogen) atoms. The molecule has 0 radical (unpaired) electrons. The van der Waals surface area contributed by atoms with Crippen LogP contribution in [0.1, 0.15) is 50.2 Å². The van der Waals surface area contributed by atoms with Gasteiger partial charge in [0.05, 0.1) is 17.9 Å². The summed E-state index contributed by atoms with van der Waals surface area (Å²) in [6.07, 6.45) is 7.82. The van der Waals surface area contributed by atoms with Crippen molar-refractivity contribution in [3.05, 3.63) is 11.7 Å². The van der Waals surface area contributed by atoms with Crippen molar-refractivity contribution in [2.24, 2.45) is 17.8 Å². The van der Waals surface area contributed by atoms with E-state index >= 15 is 0 Å². The molecule has 4 fully saturated rings. The third kappa shape index (κ3) is 2.38. The molecule has 0 aromatic carbocycles. The number of hydrogen-bond acceptors (Lipinski definition) is 5. The summed E-state index contributed by atoms with van der Waals surface area (Å²) in [5.41, 5.74) is -0.0933. The van der Waals surface area contributed by atoms with E-state index in [9.17, 15) is 4.79 Å². The van der Waals surface area contributed by atoms with Crippen LogP contribution in [0.25, 0.3) is 0 Å². The number of likely N-dealkylation sites (tertiary alicyclic amines) is 1. The maximum Gasteiger partial charge on any atom is 0.235 e. The van der Waals surface area contributed by atoms with Gasteiger partial charge in [0.15, 0.2) is 5.82 Å². The Morgan fingerprint density at radius 1 is 1.29 bits per heavy atom. The topological polar surface area (TPSA) is 68.5 Å². The van der Waals surface area contributed by atoms with Gasteiger partial charge >= 0.3 is 0 Å². The summed E-state index contributed by atoms with van der Waals surface area (Å²) in [5.74, 6) is 3.20. The molecule has 6 heteroatoms. The number of hydrogen-bond donors (Lipinski definition) is 0. The van der Waals surface area contributed by atoms with Crippen LogP contribution in [0, 0.1) is 17.8 Å². The number of carbonyl (C=O) groups excluding carboxylic acids is 1. The number of ether oxygens (including phenoxy) is 1. The van der Waals surface area contributed by atoms with Crippen molar-refractivity contribution >= 4 is 5.91 Å². The van der Waals surface area contributed by atoms with Crippen molar-refractivity contribution in [2.75, 3.05) is 26.3 Å². The Bertz CT molecular complexity index is 635. The normalized spacial score (nSPS) is 35.6. The average molecular weight is 331 g/mol. The highest BCUT2D eigenvalue weighted by molar-refractivity contribution is 5.79. The largest absolute Gasteiger partial charge is 0.381 e. The van der Waals surface area contributed by atoms with E-state index in [0.29, 0.717) is 19.1 Å². The summed E-state index contributed by atoms with van der Waals surface area (Å²) < 4.78 is 11.1. The Morgan fingerprint density at radius 2 is 2.21 bits per heavy atom. The van der Waals surface area contributed by atoms with Crippen molar-refractivity contribution < 1.29 is 14.1 Å². The minimum absolute atomic E-state index is 0.0500. The molecule has 2 saturated heterocycles. The van der Waals surface area contributed by atoms with Gasteiger partial charge in [-0.05, 0) is 43.9 Å². The van der Waals surface area contributed by atoms with Gasteiger partial charge in [-0.2, -0.15) is 4.98 Å². The molecule has 4 aliphatic rings. The molecule has 0 bridgehead atoms. The molecule has 0 spiro atoms. The van der Waals surface area contributed by atoms with Gasteiger partial charge < -0.3 is 14.2 Å². The number of aromatic nitrogens is 2. The number of nitrogens with zero attached hydrogens (tertiary/aromatic N) is 3. The Morgan fingerprint density at radius 3 is 3.00 bits per heavy atom. The van der Waals surface area contributed by atoms with Crippen LogP contribution in [-0.2, 0) is 21.4 Å². The van der Waals surface area contributed by atoms with Crippen molar-refractivity contribution in [3.63, 3.8) is 0 Å². The highest BCUT2D eigenvalue weighted by Crippen LogP contribution is 2.50. The molecule has 2 aliphatic carbocycles. The maximum atomic E-state index is 12.8. The lowest BCUT2D eigenvalue weighted by molar-refractivity contribution is -0.134. The van der Waals surface area contributed by atoms with E-state index in [2.05, 4.69) is 5.16 Å². The van der Waals surface area contributed by atoms with Crippen LogP contribution in [-0.4, -0.2) is 47.3 Å². The summed E-state index contributed by atoms with van der Waals surface area (Å²) in [6.45, 7) is 2.89. The lowest BCUT2D eigenvalue weighted by Gasteiger charge is -2.25. The molecule has 0 unspecified atom stereocenters. The SMILES string of the molecule is O=C([C@@H]1CCOC1)N1C[C@H]2CCC[C@@]2(c2nc(CC3CC3)no2)C1. The lowest BCUT2D eigenvalue weighted by Crippen LogP contribution is -2.38. The fraction of sp³-hybridized carbons (Fsp3) is 0.833. The van der Waals surface area contributed by atoms with Gasteiger partial charge in [0.1, 0.15) is 0 Å². The first kappa shape index (κ1) is 14.9. The molecule has 130 valence electrons. The number of carbonyl (C=O) groups is 1. The van der Waals surface area contributed by atoms with E-state index in [1.807, 2.05) is 4.90 Å². The second-order valence-electron chi connectivity index (χ2n) is 8.19. The Kier molecular flexibility index (Phi) is 3.44. The van der Waals surface area contributed by atoms with Crippen molar-refractivity contribution in [2.45, 2.75) is 50.4 Å². The molecule has 5 rings (SSSR count). The minimum Gasteiger partial charge on any atom is -0.381 e. The standard InChI is InChI=1S/C18H25N3O3/c22-16(13-5-7-23-10-13)21-9-14-2-1-6-18(14,11-21)17-19-15(20-24-17)8-12-3-4-12/h12-14H,1-11H2/t13-,14-,18-/m1/s1. The fourth-order valence-electron chi connectivity index (χ4n) is 4.91. The molecular weight excluding hydrogens is 306 g/mol. The molecule has 0 N–H and O–H groups in total. The van der Waals surface area contributed by atoms with Gasteiger partial charge in [0.2, 0.25) is 11.8 Å². The number of fused-ring (bicyclic) bond motifs is 1. The van der Waals surface area contributed by atoms with Crippen LogP contribution in [0.5, 0.6) is 0 Å². The zero-order valence-electron chi connectivity index (χ0n) is 14.1. The van der Waals surface area contributed by atoms with Crippen molar-refractivity contribution in [3.8, 4) is 0 Å². The van der Waals surface area contributed by atoms with E-state index in [1.165, 1.54) is 19.3 Å². The van der Waals surface area contributed by atoms with Gasteiger partial charge in [-0.15, -0.1) is 0 Å². The molecule has 3 heterocycles. The zero-order valence-corrected chi connectivity index (χ0v) is 14.1. The number of amides is 1. The van der Waals surface area contributed by atoms with Gasteiger partial charge in [0.25, 0.3) is 0 Å². The van der Waals surface area contributed by atoms with E-state index in [0.717, 1.165) is 56.4 Å². The van der Waals surface area contributed by atoms with Crippen LogP contribution in [0.2, 0.25) is 0 Å². The van der Waals surface area contributed by atoms with Gasteiger partial charge in [0, 0.05) is 26.1 Å². The van der Waals surface area contributed by atoms with Crippen LogP contribution < -0.4 is 0 Å². The lowest BCUT2D eigenvalue weighted by atomic mass is 9.80. The van der Waals surface area contributed by atoms with E-state index in [-0.39, 0.29) is 17.2 Å². The van der Waals surface area contributed by atoms with Crippen molar-refractivity contribution in [1.82, 2.24) is 15.0 Å². The first-order chi connectivity index (χ1) is 11.7. The highest BCUT2D eigenvalue weighted by atomic mass is 16.5. The molecule has 6 nitrogen and oxygen atoms in total. The Labute approximate surface area is 141 Å². The van der Waals surface area contributed by atoms with Crippen LogP contribution in [0.3, 0.4) is 0 Å². The van der Waals surface area contributed by atoms with Gasteiger partial charge in [-0.3, -0.25) is 4.79 Å². The van der Waals surface area contributed by atoms with E-state index < -0.39 is 0 Å². The van der Waals surface area contributed by atoms with Crippen LogP contribution in [0.15, 0.2) is 4.52 Å². The monoisotopic (exact) mass is 331 g/mol. The Balaban J connectivity index is 1.36. The molecule has 2 saturated carbocycles. The predicted octanol–water partition coefficient (Wildman–Crippen LogP) is 1.94. The third-order valence-electron chi connectivity index (χ3n) is 6.52. The average Bonchev–Trinajstić information content (AvgIpc) is 3.04. The molecule has 1 amide bonds. The van der Waals surface area contributed by atoms with Crippen LogP contribution in [0.4, 0.5) is 0 Å². The van der Waals surface area contributed by atoms with Gasteiger partial charge in [-0.1, -0.05) is 11.6 Å². The summed E-state index contributed by atoms with van der Waals surface area (Å²) in [7, 11) is 0. The highest BCUT2D eigenvalue weighted by Gasteiger charge is 2.55. The van der Waals surface area contributed by atoms with E-state index in [4.69, 9.17) is 14.2 Å². The summed E-state index contributed by atoms with van der Waals surface area (Å²) >= 11 is 0.